The molecular weight excluding hydrogens is 416 g/mol. The van der Waals surface area contributed by atoms with Gasteiger partial charge in [0, 0.05) is 22.7 Å². The summed E-state index contributed by atoms with van der Waals surface area (Å²) >= 11 is 0. The van der Waals surface area contributed by atoms with Crippen molar-refractivity contribution >= 4 is 21.9 Å². The van der Waals surface area contributed by atoms with Gasteiger partial charge in [-0.15, -0.1) is 0 Å². The number of pyridine rings is 1. The molecule has 7 heteroatoms. The Bertz CT molecular complexity index is 1420. The van der Waals surface area contributed by atoms with Gasteiger partial charge >= 0.3 is 0 Å². The van der Waals surface area contributed by atoms with E-state index in [4.69, 9.17) is 13.9 Å². The molecule has 1 aromatic carbocycles. The summed E-state index contributed by atoms with van der Waals surface area (Å²) in [4.78, 5) is 9.38. The summed E-state index contributed by atoms with van der Waals surface area (Å²) in [5.41, 5.74) is 6.43. The van der Waals surface area contributed by atoms with Crippen LogP contribution in [0.2, 0.25) is 0 Å². The van der Waals surface area contributed by atoms with Crippen molar-refractivity contribution in [3.05, 3.63) is 65.8 Å². The lowest BCUT2D eigenvalue weighted by molar-refractivity contribution is 0.0787. The molecule has 0 radical (unpaired) electrons. The Hall–Kier alpha value is -3.45. The highest BCUT2D eigenvalue weighted by Crippen LogP contribution is 2.39. The molecule has 1 unspecified atom stereocenters. The van der Waals surface area contributed by atoms with Crippen LogP contribution < -0.4 is 0 Å². The molecule has 4 aromatic heterocycles. The molecule has 0 fully saturated rings. The standard InChI is InChI=1S/C26H28N4O3/c1-6-7-21(20-13-32-14-28-20)30-22-11-18(26(4,5)31)8-9-19(22)25-23(30)10-17(12-27-25)24-15(2)29-33-16(24)3/h8-14,21,31H,6-7H2,1-5H3. The van der Waals surface area contributed by atoms with Crippen molar-refractivity contribution in [1.82, 2.24) is 19.7 Å². The highest BCUT2D eigenvalue weighted by molar-refractivity contribution is 6.07. The largest absolute Gasteiger partial charge is 0.451 e. The van der Waals surface area contributed by atoms with Crippen LogP contribution in [0.4, 0.5) is 0 Å². The van der Waals surface area contributed by atoms with E-state index in [-0.39, 0.29) is 6.04 Å². The molecule has 1 N–H and O–H groups in total. The van der Waals surface area contributed by atoms with Gasteiger partial charge in [0.1, 0.15) is 17.7 Å². The lowest BCUT2D eigenvalue weighted by Gasteiger charge is -2.21. The molecule has 5 aromatic rings. The minimum atomic E-state index is -0.959. The van der Waals surface area contributed by atoms with Gasteiger partial charge < -0.3 is 18.6 Å². The summed E-state index contributed by atoms with van der Waals surface area (Å²) in [7, 11) is 0. The molecule has 33 heavy (non-hydrogen) atoms. The molecule has 0 aliphatic rings. The maximum absolute atomic E-state index is 10.7. The third kappa shape index (κ3) is 3.53. The fraction of sp³-hybridized carbons (Fsp3) is 0.346. The van der Waals surface area contributed by atoms with Crippen molar-refractivity contribution in [2.45, 2.75) is 59.1 Å². The molecule has 1 atom stereocenters. The van der Waals surface area contributed by atoms with Gasteiger partial charge in [-0.1, -0.05) is 30.6 Å². The van der Waals surface area contributed by atoms with Crippen LogP contribution in [0.3, 0.4) is 0 Å². The fourth-order valence-electron chi connectivity index (χ4n) is 4.72. The highest BCUT2D eigenvalue weighted by atomic mass is 16.5. The second-order valence-corrected chi connectivity index (χ2v) is 9.17. The van der Waals surface area contributed by atoms with Crippen molar-refractivity contribution in [2.75, 3.05) is 0 Å². The maximum atomic E-state index is 10.7. The van der Waals surface area contributed by atoms with E-state index >= 15 is 0 Å². The molecule has 4 heterocycles. The van der Waals surface area contributed by atoms with E-state index in [9.17, 15) is 5.11 Å². The highest BCUT2D eigenvalue weighted by Gasteiger charge is 2.25. The van der Waals surface area contributed by atoms with Crippen LogP contribution >= 0.6 is 0 Å². The Morgan fingerprint density at radius 2 is 1.94 bits per heavy atom. The predicted molar refractivity (Wildman–Crippen MR) is 127 cm³/mol. The lowest BCUT2D eigenvalue weighted by atomic mass is 9.97. The van der Waals surface area contributed by atoms with Gasteiger partial charge in [-0.2, -0.15) is 0 Å². The first-order chi connectivity index (χ1) is 15.8. The molecule has 0 aliphatic heterocycles. The second kappa shape index (κ2) is 7.85. The van der Waals surface area contributed by atoms with E-state index < -0.39 is 5.60 Å². The van der Waals surface area contributed by atoms with Gasteiger partial charge in [-0.25, -0.2) is 4.98 Å². The topological polar surface area (TPSA) is 90.1 Å². The maximum Gasteiger partial charge on any atom is 0.180 e. The van der Waals surface area contributed by atoms with Crippen LogP contribution in [-0.2, 0) is 5.60 Å². The number of benzene rings is 1. The summed E-state index contributed by atoms with van der Waals surface area (Å²) in [6.45, 7) is 9.62. The second-order valence-electron chi connectivity index (χ2n) is 9.17. The molecule has 0 saturated carbocycles. The minimum absolute atomic E-state index is 0.0347. The molecule has 0 saturated heterocycles. The third-order valence-electron chi connectivity index (χ3n) is 6.33. The Kier molecular flexibility index (Phi) is 5.09. The number of aliphatic hydroxyl groups is 1. The summed E-state index contributed by atoms with van der Waals surface area (Å²) in [6.07, 6.45) is 6.92. The molecule has 0 aliphatic carbocycles. The van der Waals surface area contributed by atoms with E-state index in [0.29, 0.717) is 0 Å². The van der Waals surface area contributed by atoms with E-state index in [2.05, 4.69) is 39.8 Å². The Labute approximate surface area is 192 Å². The van der Waals surface area contributed by atoms with Crippen molar-refractivity contribution in [1.29, 1.82) is 0 Å². The molecule has 0 bridgehead atoms. The molecule has 0 spiro atoms. The van der Waals surface area contributed by atoms with Gasteiger partial charge in [0.2, 0.25) is 0 Å². The summed E-state index contributed by atoms with van der Waals surface area (Å²) in [6, 6.07) is 8.21. The smallest absolute Gasteiger partial charge is 0.180 e. The van der Waals surface area contributed by atoms with Crippen molar-refractivity contribution in [2.24, 2.45) is 0 Å². The SMILES string of the molecule is CCCC(c1cocn1)n1c2cc(C(C)(C)O)ccc2c2ncc(-c3c(C)noc3C)cc21. The average molecular weight is 445 g/mol. The molecule has 0 amide bonds. The van der Waals surface area contributed by atoms with Crippen LogP contribution in [0.1, 0.15) is 62.4 Å². The first-order valence-electron chi connectivity index (χ1n) is 11.3. The van der Waals surface area contributed by atoms with Gasteiger partial charge in [0.15, 0.2) is 6.39 Å². The molecule has 170 valence electrons. The Balaban J connectivity index is 1.86. The molecule has 7 nitrogen and oxygen atoms in total. The van der Waals surface area contributed by atoms with Crippen LogP contribution in [0.25, 0.3) is 33.1 Å². The number of hydrogen-bond acceptors (Lipinski definition) is 6. The zero-order valence-electron chi connectivity index (χ0n) is 19.6. The Morgan fingerprint density at radius 1 is 1.12 bits per heavy atom. The normalized spacial score (nSPS) is 13.3. The lowest BCUT2D eigenvalue weighted by Crippen LogP contribution is -2.16. The van der Waals surface area contributed by atoms with Crippen molar-refractivity contribution < 1.29 is 14.0 Å². The van der Waals surface area contributed by atoms with Crippen molar-refractivity contribution in [3.63, 3.8) is 0 Å². The van der Waals surface area contributed by atoms with E-state index in [1.807, 2.05) is 26.1 Å². The van der Waals surface area contributed by atoms with Crippen LogP contribution in [0.5, 0.6) is 0 Å². The van der Waals surface area contributed by atoms with Crippen LogP contribution in [0, 0.1) is 13.8 Å². The molecular formula is C26H28N4O3. The monoisotopic (exact) mass is 444 g/mol. The summed E-state index contributed by atoms with van der Waals surface area (Å²) in [5.74, 6) is 0.766. The van der Waals surface area contributed by atoms with Gasteiger partial charge in [-0.3, -0.25) is 4.98 Å². The quantitative estimate of drug-likeness (QED) is 0.342. The van der Waals surface area contributed by atoms with Gasteiger partial charge in [0.05, 0.1) is 33.9 Å². The summed E-state index contributed by atoms with van der Waals surface area (Å²) < 4.78 is 13.1. The minimum Gasteiger partial charge on any atom is -0.451 e. The Morgan fingerprint density at radius 3 is 2.58 bits per heavy atom. The zero-order chi connectivity index (χ0) is 23.3. The molecule has 5 rings (SSSR count). The average Bonchev–Trinajstić information content (AvgIpc) is 3.49. The number of aromatic nitrogens is 4. The van der Waals surface area contributed by atoms with Crippen LogP contribution in [0.15, 0.2) is 52.1 Å². The van der Waals surface area contributed by atoms with Gasteiger partial charge in [0.25, 0.3) is 0 Å². The number of fused-ring (bicyclic) bond motifs is 3. The first-order valence-corrected chi connectivity index (χ1v) is 11.3. The number of rotatable bonds is 6. The summed E-state index contributed by atoms with van der Waals surface area (Å²) in [5, 5.41) is 15.9. The van der Waals surface area contributed by atoms with Crippen LogP contribution in [-0.4, -0.2) is 24.8 Å². The number of oxazole rings is 1. The predicted octanol–water partition coefficient (Wildman–Crippen LogP) is 6.07. The fourth-order valence-corrected chi connectivity index (χ4v) is 4.72. The first kappa shape index (κ1) is 21.4. The zero-order valence-corrected chi connectivity index (χ0v) is 19.6. The number of aryl methyl sites for hydroxylation is 2. The van der Waals surface area contributed by atoms with E-state index in [1.165, 1.54) is 6.39 Å². The number of nitrogens with zero attached hydrogens (tertiary/aromatic N) is 4. The third-order valence-corrected chi connectivity index (χ3v) is 6.33. The van der Waals surface area contributed by atoms with Crippen molar-refractivity contribution in [3.8, 4) is 11.1 Å². The van der Waals surface area contributed by atoms with Gasteiger partial charge in [-0.05, 0) is 51.8 Å². The van der Waals surface area contributed by atoms with E-state index in [0.717, 1.165) is 68.6 Å². The number of hydrogen-bond donors (Lipinski definition) is 1. The van der Waals surface area contributed by atoms with E-state index in [1.54, 1.807) is 20.1 Å².